The number of likely N-dealkylation sites (tertiary alicyclic amines) is 1. The number of piperidine rings is 1. The van der Waals surface area contributed by atoms with Crippen LogP contribution in [0.2, 0.25) is 0 Å². The number of nitrogens with two attached hydrogens (primary N) is 1. The standard InChI is InChI=1S/C22H29N5O3/c1-2-29-19-9-3-4-10-20(19)30-16-7-5-11-26(15-16)21-14-24-13-17(25-21)18-8-6-12-27(18)22(23)28/h3-4,9-10,13-14,16,18H,2,5-8,11-12,15H2,1H3,(H2,23,28). The predicted molar refractivity (Wildman–Crippen MR) is 114 cm³/mol. The van der Waals surface area contributed by atoms with Gasteiger partial charge in [-0.1, -0.05) is 12.1 Å². The highest BCUT2D eigenvalue weighted by atomic mass is 16.5. The fraction of sp³-hybridized carbons (Fsp3) is 0.500. The summed E-state index contributed by atoms with van der Waals surface area (Å²) in [6.45, 7) is 4.86. The Hall–Kier alpha value is -3.03. The van der Waals surface area contributed by atoms with Gasteiger partial charge in [-0.25, -0.2) is 9.78 Å². The maximum atomic E-state index is 11.7. The lowest BCUT2D eigenvalue weighted by atomic mass is 10.1. The van der Waals surface area contributed by atoms with E-state index in [1.165, 1.54) is 0 Å². The van der Waals surface area contributed by atoms with Crippen molar-refractivity contribution in [1.82, 2.24) is 14.9 Å². The Morgan fingerprint density at radius 3 is 2.77 bits per heavy atom. The number of primary amides is 1. The van der Waals surface area contributed by atoms with Crippen LogP contribution in [0.3, 0.4) is 0 Å². The molecule has 2 atom stereocenters. The summed E-state index contributed by atoms with van der Waals surface area (Å²) in [5.41, 5.74) is 6.33. The van der Waals surface area contributed by atoms with Gasteiger partial charge in [0.2, 0.25) is 0 Å². The van der Waals surface area contributed by atoms with Gasteiger partial charge in [0.05, 0.1) is 37.3 Å². The molecule has 2 aromatic rings. The maximum Gasteiger partial charge on any atom is 0.315 e. The minimum atomic E-state index is -0.399. The largest absolute Gasteiger partial charge is 0.490 e. The molecular weight excluding hydrogens is 382 g/mol. The van der Waals surface area contributed by atoms with Crippen molar-refractivity contribution in [1.29, 1.82) is 0 Å². The van der Waals surface area contributed by atoms with Crippen molar-refractivity contribution in [2.75, 3.05) is 31.1 Å². The number of hydrogen-bond donors (Lipinski definition) is 1. The number of rotatable bonds is 6. The molecule has 1 aromatic heterocycles. The first kappa shape index (κ1) is 20.3. The van der Waals surface area contributed by atoms with Crippen LogP contribution >= 0.6 is 0 Å². The van der Waals surface area contributed by atoms with E-state index in [-0.39, 0.29) is 12.1 Å². The zero-order valence-corrected chi connectivity index (χ0v) is 17.4. The second kappa shape index (κ2) is 9.19. The molecule has 8 nitrogen and oxygen atoms in total. The highest BCUT2D eigenvalue weighted by molar-refractivity contribution is 5.72. The molecule has 2 unspecified atom stereocenters. The number of carbonyl (C=O) groups excluding carboxylic acids is 1. The lowest BCUT2D eigenvalue weighted by Crippen LogP contribution is -2.42. The summed E-state index contributed by atoms with van der Waals surface area (Å²) in [6.07, 6.45) is 7.33. The van der Waals surface area contributed by atoms with E-state index >= 15 is 0 Å². The van der Waals surface area contributed by atoms with Crippen LogP contribution in [0.1, 0.15) is 44.3 Å². The minimum absolute atomic E-state index is 0.0411. The van der Waals surface area contributed by atoms with Crippen LogP contribution in [-0.2, 0) is 0 Å². The van der Waals surface area contributed by atoms with E-state index in [2.05, 4.69) is 9.88 Å². The SMILES string of the molecule is CCOc1ccccc1OC1CCCN(c2cncc(C3CCCN3C(N)=O)n2)C1. The molecule has 0 bridgehead atoms. The number of urea groups is 1. The number of ether oxygens (including phenoxy) is 2. The average molecular weight is 412 g/mol. The van der Waals surface area contributed by atoms with Crippen LogP contribution in [0.4, 0.5) is 10.6 Å². The third-order valence-electron chi connectivity index (χ3n) is 5.66. The highest BCUT2D eigenvalue weighted by Gasteiger charge is 2.31. The smallest absolute Gasteiger partial charge is 0.315 e. The molecule has 2 N–H and O–H groups in total. The number of amides is 2. The Morgan fingerprint density at radius 2 is 1.97 bits per heavy atom. The normalized spacial score (nSPS) is 21.5. The monoisotopic (exact) mass is 411 g/mol. The molecule has 0 radical (unpaired) electrons. The summed E-state index contributed by atoms with van der Waals surface area (Å²) >= 11 is 0. The fourth-order valence-electron chi connectivity index (χ4n) is 4.27. The zero-order chi connectivity index (χ0) is 20.9. The molecule has 2 amide bonds. The van der Waals surface area contributed by atoms with Crippen LogP contribution in [0.5, 0.6) is 11.5 Å². The van der Waals surface area contributed by atoms with Crippen LogP contribution in [-0.4, -0.2) is 53.2 Å². The van der Waals surface area contributed by atoms with E-state index in [9.17, 15) is 4.79 Å². The summed E-state index contributed by atoms with van der Waals surface area (Å²) in [5, 5.41) is 0. The lowest BCUT2D eigenvalue weighted by molar-refractivity contribution is 0.169. The number of aromatic nitrogens is 2. The van der Waals surface area contributed by atoms with Crippen LogP contribution in [0.15, 0.2) is 36.7 Å². The maximum absolute atomic E-state index is 11.7. The van der Waals surface area contributed by atoms with Crippen molar-refractivity contribution < 1.29 is 14.3 Å². The number of anilines is 1. The van der Waals surface area contributed by atoms with E-state index in [1.807, 2.05) is 31.2 Å². The van der Waals surface area contributed by atoms with E-state index in [1.54, 1.807) is 17.3 Å². The number of benzene rings is 1. The van der Waals surface area contributed by atoms with Gasteiger partial charge >= 0.3 is 6.03 Å². The van der Waals surface area contributed by atoms with Gasteiger partial charge in [0.25, 0.3) is 0 Å². The average Bonchev–Trinajstić information content (AvgIpc) is 3.26. The van der Waals surface area contributed by atoms with Crippen LogP contribution in [0, 0.1) is 0 Å². The Balaban J connectivity index is 1.47. The number of hydrogen-bond acceptors (Lipinski definition) is 6. The first-order valence-electron chi connectivity index (χ1n) is 10.7. The summed E-state index contributed by atoms with van der Waals surface area (Å²) < 4.78 is 12.0. The van der Waals surface area contributed by atoms with Gasteiger partial charge in [-0.15, -0.1) is 0 Å². The Kier molecular flexibility index (Phi) is 6.21. The molecule has 2 aliphatic heterocycles. The van der Waals surface area contributed by atoms with Gasteiger partial charge < -0.3 is 25.0 Å². The lowest BCUT2D eigenvalue weighted by Gasteiger charge is -2.34. The number of nitrogens with zero attached hydrogens (tertiary/aromatic N) is 4. The van der Waals surface area contributed by atoms with Crippen molar-refractivity contribution in [2.24, 2.45) is 5.73 Å². The van der Waals surface area contributed by atoms with Crippen LogP contribution < -0.4 is 20.1 Å². The summed E-state index contributed by atoms with van der Waals surface area (Å²) in [5.74, 6) is 2.36. The van der Waals surface area contributed by atoms with Crippen molar-refractivity contribution >= 4 is 11.8 Å². The van der Waals surface area contributed by atoms with E-state index < -0.39 is 6.03 Å². The Labute approximate surface area is 177 Å². The third-order valence-corrected chi connectivity index (χ3v) is 5.66. The van der Waals surface area contributed by atoms with Gasteiger partial charge in [-0.3, -0.25) is 4.98 Å². The summed E-state index contributed by atoms with van der Waals surface area (Å²) in [4.78, 5) is 24.8. The topological polar surface area (TPSA) is 93.8 Å². The minimum Gasteiger partial charge on any atom is -0.490 e. The second-order valence-electron chi connectivity index (χ2n) is 7.70. The molecule has 2 aliphatic rings. The molecule has 2 saturated heterocycles. The van der Waals surface area contributed by atoms with Gasteiger partial charge in [0.15, 0.2) is 11.5 Å². The summed E-state index contributed by atoms with van der Waals surface area (Å²) in [6, 6.07) is 7.29. The molecular formula is C22H29N5O3. The van der Waals surface area contributed by atoms with Crippen molar-refractivity contribution in [2.45, 2.75) is 44.8 Å². The Morgan fingerprint density at radius 1 is 1.17 bits per heavy atom. The molecule has 3 heterocycles. The molecule has 160 valence electrons. The molecule has 0 spiro atoms. The summed E-state index contributed by atoms with van der Waals surface area (Å²) in [7, 11) is 0. The van der Waals surface area contributed by atoms with E-state index in [0.29, 0.717) is 13.2 Å². The van der Waals surface area contributed by atoms with Gasteiger partial charge in [-0.05, 0) is 44.7 Å². The van der Waals surface area contributed by atoms with Crippen molar-refractivity contribution in [3.8, 4) is 11.5 Å². The fourth-order valence-corrected chi connectivity index (χ4v) is 4.27. The highest BCUT2D eigenvalue weighted by Crippen LogP contribution is 2.32. The first-order valence-corrected chi connectivity index (χ1v) is 10.7. The molecule has 4 rings (SSSR count). The van der Waals surface area contributed by atoms with Crippen molar-refractivity contribution in [3.63, 3.8) is 0 Å². The molecule has 1 aromatic carbocycles. The molecule has 30 heavy (non-hydrogen) atoms. The molecule has 0 aliphatic carbocycles. The Bertz CT molecular complexity index is 877. The van der Waals surface area contributed by atoms with E-state index in [4.69, 9.17) is 20.2 Å². The number of para-hydroxylation sites is 2. The van der Waals surface area contributed by atoms with Gasteiger partial charge in [-0.2, -0.15) is 0 Å². The quantitative estimate of drug-likeness (QED) is 0.785. The van der Waals surface area contributed by atoms with Crippen LogP contribution in [0.25, 0.3) is 0 Å². The second-order valence-corrected chi connectivity index (χ2v) is 7.70. The van der Waals surface area contributed by atoms with Gasteiger partial charge in [0, 0.05) is 13.1 Å². The third kappa shape index (κ3) is 4.42. The first-order chi connectivity index (χ1) is 14.7. The number of carbonyl (C=O) groups is 1. The molecule has 0 saturated carbocycles. The predicted octanol–water partition coefficient (Wildman–Crippen LogP) is 3.14. The van der Waals surface area contributed by atoms with Gasteiger partial charge in [0.1, 0.15) is 11.9 Å². The molecule has 2 fully saturated rings. The van der Waals surface area contributed by atoms with Crippen molar-refractivity contribution in [3.05, 3.63) is 42.4 Å². The zero-order valence-electron chi connectivity index (χ0n) is 17.4. The van der Waals surface area contributed by atoms with E-state index in [0.717, 1.165) is 61.8 Å². The molecule has 8 heteroatoms.